The summed E-state index contributed by atoms with van der Waals surface area (Å²) >= 11 is 0. The van der Waals surface area contributed by atoms with Gasteiger partial charge >= 0.3 is 0 Å². The molecule has 0 radical (unpaired) electrons. The van der Waals surface area contributed by atoms with Gasteiger partial charge in [0, 0.05) is 6.04 Å². The van der Waals surface area contributed by atoms with Gasteiger partial charge in [0.15, 0.2) is 0 Å². The zero-order valence-electron chi connectivity index (χ0n) is 9.97. The molecule has 0 amide bonds. The molecule has 14 heavy (non-hydrogen) atoms. The Morgan fingerprint density at radius 1 is 1.43 bits per heavy atom. The van der Waals surface area contributed by atoms with Gasteiger partial charge in [0.2, 0.25) is 0 Å². The Kier molecular flexibility index (Phi) is 5.24. The molecule has 1 rings (SSSR count). The van der Waals surface area contributed by atoms with Crippen molar-refractivity contribution >= 4 is 0 Å². The standard InChI is InChI=1S/C13H25N/c1-11(2)6-7-12(3)5-4-10-14-13-8-9-13/h5,11,13-14H,4,6-10H2,1-3H3. The van der Waals surface area contributed by atoms with Gasteiger partial charge in [0.1, 0.15) is 0 Å². The number of allylic oxidation sites excluding steroid dienone is 1. The fraction of sp³-hybridized carbons (Fsp3) is 0.846. The van der Waals surface area contributed by atoms with Gasteiger partial charge in [-0.05, 0) is 51.5 Å². The minimum absolute atomic E-state index is 0.836. The summed E-state index contributed by atoms with van der Waals surface area (Å²) in [4.78, 5) is 0. The Labute approximate surface area is 89.0 Å². The zero-order chi connectivity index (χ0) is 10.4. The Morgan fingerprint density at radius 2 is 2.14 bits per heavy atom. The van der Waals surface area contributed by atoms with Gasteiger partial charge < -0.3 is 5.32 Å². The number of hydrogen-bond donors (Lipinski definition) is 1. The first-order chi connectivity index (χ1) is 6.68. The van der Waals surface area contributed by atoms with E-state index >= 15 is 0 Å². The molecule has 1 aliphatic rings. The van der Waals surface area contributed by atoms with E-state index in [1.54, 1.807) is 5.57 Å². The van der Waals surface area contributed by atoms with Crippen LogP contribution in [0.5, 0.6) is 0 Å². The normalized spacial score (nSPS) is 17.9. The second kappa shape index (κ2) is 6.23. The zero-order valence-corrected chi connectivity index (χ0v) is 9.97. The Balaban J connectivity index is 1.97. The highest BCUT2D eigenvalue weighted by Gasteiger charge is 2.19. The first-order valence-corrected chi connectivity index (χ1v) is 6.07. The van der Waals surface area contributed by atoms with E-state index in [4.69, 9.17) is 0 Å². The average molecular weight is 195 g/mol. The van der Waals surface area contributed by atoms with Crippen LogP contribution in [0.25, 0.3) is 0 Å². The van der Waals surface area contributed by atoms with Crippen molar-refractivity contribution in [3.8, 4) is 0 Å². The lowest BCUT2D eigenvalue weighted by Gasteiger charge is -2.05. The molecular formula is C13H25N. The highest BCUT2D eigenvalue weighted by Crippen LogP contribution is 2.18. The first kappa shape index (κ1) is 11.8. The molecule has 82 valence electrons. The molecule has 1 fully saturated rings. The third kappa shape index (κ3) is 6.20. The molecule has 0 unspecified atom stereocenters. The Hall–Kier alpha value is -0.300. The van der Waals surface area contributed by atoms with E-state index < -0.39 is 0 Å². The van der Waals surface area contributed by atoms with Crippen LogP contribution in [0.15, 0.2) is 11.6 Å². The van der Waals surface area contributed by atoms with Crippen LogP contribution in [0, 0.1) is 5.92 Å². The third-order valence-electron chi connectivity index (χ3n) is 2.76. The highest BCUT2D eigenvalue weighted by molar-refractivity contribution is 4.98. The molecule has 1 aliphatic carbocycles. The maximum Gasteiger partial charge on any atom is 0.00683 e. The molecule has 0 aliphatic heterocycles. The molecule has 0 bridgehead atoms. The second-order valence-electron chi connectivity index (χ2n) is 5.00. The molecule has 0 heterocycles. The summed E-state index contributed by atoms with van der Waals surface area (Å²) in [6, 6.07) is 0.861. The number of nitrogens with one attached hydrogen (secondary N) is 1. The molecule has 1 nitrogen and oxygen atoms in total. The van der Waals surface area contributed by atoms with E-state index in [-0.39, 0.29) is 0 Å². The molecule has 0 atom stereocenters. The van der Waals surface area contributed by atoms with E-state index in [0.717, 1.165) is 12.0 Å². The summed E-state index contributed by atoms with van der Waals surface area (Å²) < 4.78 is 0. The van der Waals surface area contributed by atoms with Crippen LogP contribution in [-0.4, -0.2) is 12.6 Å². The molecule has 1 heteroatoms. The lowest BCUT2D eigenvalue weighted by Crippen LogP contribution is -2.16. The Bertz CT molecular complexity index is 178. The molecule has 0 aromatic carbocycles. The summed E-state index contributed by atoms with van der Waals surface area (Å²) in [5.74, 6) is 0.836. The monoisotopic (exact) mass is 195 g/mol. The van der Waals surface area contributed by atoms with Crippen LogP contribution in [-0.2, 0) is 0 Å². The number of hydrogen-bond acceptors (Lipinski definition) is 1. The van der Waals surface area contributed by atoms with E-state index in [9.17, 15) is 0 Å². The topological polar surface area (TPSA) is 12.0 Å². The lowest BCUT2D eigenvalue weighted by molar-refractivity contribution is 0.583. The molecule has 0 aromatic rings. The van der Waals surface area contributed by atoms with Crippen LogP contribution in [0.1, 0.15) is 52.9 Å². The fourth-order valence-electron chi connectivity index (χ4n) is 1.51. The van der Waals surface area contributed by atoms with E-state index in [1.165, 1.54) is 38.6 Å². The van der Waals surface area contributed by atoms with Crippen molar-refractivity contribution in [3.05, 3.63) is 11.6 Å². The smallest absolute Gasteiger partial charge is 0.00683 e. The third-order valence-corrected chi connectivity index (χ3v) is 2.76. The maximum atomic E-state index is 3.53. The SMILES string of the molecule is CC(=CCCNC1CC1)CCC(C)C. The van der Waals surface area contributed by atoms with Crippen molar-refractivity contribution in [2.75, 3.05) is 6.54 Å². The Morgan fingerprint density at radius 3 is 2.71 bits per heavy atom. The minimum Gasteiger partial charge on any atom is -0.314 e. The maximum absolute atomic E-state index is 3.53. The van der Waals surface area contributed by atoms with E-state index in [1.807, 2.05) is 0 Å². The summed E-state index contributed by atoms with van der Waals surface area (Å²) in [5, 5.41) is 3.53. The van der Waals surface area contributed by atoms with Gasteiger partial charge in [-0.2, -0.15) is 0 Å². The van der Waals surface area contributed by atoms with Crippen molar-refractivity contribution in [2.24, 2.45) is 5.92 Å². The van der Waals surface area contributed by atoms with Gasteiger partial charge in [0.25, 0.3) is 0 Å². The highest BCUT2D eigenvalue weighted by atomic mass is 14.9. The minimum atomic E-state index is 0.836. The number of rotatable bonds is 7. The van der Waals surface area contributed by atoms with Crippen molar-refractivity contribution in [2.45, 2.75) is 58.9 Å². The van der Waals surface area contributed by atoms with Crippen LogP contribution < -0.4 is 5.32 Å². The fourth-order valence-corrected chi connectivity index (χ4v) is 1.51. The van der Waals surface area contributed by atoms with Crippen LogP contribution in [0.3, 0.4) is 0 Å². The van der Waals surface area contributed by atoms with Gasteiger partial charge in [-0.1, -0.05) is 25.5 Å². The van der Waals surface area contributed by atoms with Crippen molar-refractivity contribution in [3.63, 3.8) is 0 Å². The van der Waals surface area contributed by atoms with Gasteiger partial charge in [0.05, 0.1) is 0 Å². The molecule has 0 aromatic heterocycles. The van der Waals surface area contributed by atoms with Crippen LogP contribution in [0.4, 0.5) is 0 Å². The molecule has 1 N–H and O–H groups in total. The summed E-state index contributed by atoms with van der Waals surface area (Å²) in [5.41, 5.74) is 1.57. The molecule has 0 spiro atoms. The molecule has 1 saturated carbocycles. The summed E-state index contributed by atoms with van der Waals surface area (Å²) in [6.45, 7) is 8.02. The summed E-state index contributed by atoms with van der Waals surface area (Å²) in [6.07, 6.45) is 9.02. The van der Waals surface area contributed by atoms with E-state index in [2.05, 4.69) is 32.2 Å². The van der Waals surface area contributed by atoms with Gasteiger partial charge in [-0.3, -0.25) is 0 Å². The lowest BCUT2D eigenvalue weighted by atomic mass is 10.0. The quantitative estimate of drug-likeness (QED) is 0.484. The van der Waals surface area contributed by atoms with E-state index in [0.29, 0.717) is 0 Å². The first-order valence-electron chi connectivity index (χ1n) is 6.07. The van der Waals surface area contributed by atoms with Crippen molar-refractivity contribution in [1.29, 1.82) is 0 Å². The van der Waals surface area contributed by atoms with Crippen LogP contribution in [0.2, 0.25) is 0 Å². The average Bonchev–Trinajstić information content (AvgIpc) is 2.92. The van der Waals surface area contributed by atoms with Gasteiger partial charge in [-0.15, -0.1) is 0 Å². The largest absolute Gasteiger partial charge is 0.314 e. The summed E-state index contributed by atoms with van der Waals surface area (Å²) in [7, 11) is 0. The predicted molar refractivity (Wildman–Crippen MR) is 63.5 cm³/mol. The van der Waals surface area contributed by atoms with Crippen molar-refractivity contribution in [1.82, 2.24) is 5.32 Å². The van der Waals surface area contributed by atoms with Crippen LogP contribution >= 0.6 is 0 Å². The predicted octanol–water partition coefficient (Wildman–Crippen LogP) is 3.51. The van der Waals surface area contributed by atoms with Gasteiger partial charge in [-0.25, -0.2) is 0 Å². The molecular weight excluding hydrogens is 170 g/mol. The second-order valence-corrected chi connectivity index (χ2v) is 5.00. The molecule has 0 saturated heterocycles. The van der Waals surface area contributed by atoms with Crippen molar-refractivity contribution < 1.29 is 0 Å².